The Kier molecular flexibility index (Phi) is 6.66. The van der Waals surface area contributed by atoms with Crippen molar-refractivity contribution in [1.82, 2.24) is 10.2 Å². The lowest BCUT2D eigenvalue weighted by atomic mass is 10.2. The van der Waals surface area contributed by atoms with Crippen molar-refractivity contribution in [3.05, 3.63) is 70.4 Å². The Hall–Kier alpha value is -3.13. The van der Waals surface area contributed by atoms with Gasteiger partial charge in [-0.15, -0.1) is 0 Å². The molecule has 1 fully saturated rings. The van der Waals surface area contributed by atoms with Gasteiger partial charge in [-0.3, -0.25) is 19.3 Å². The van der Waals surface area contributed by atoms with Gasteiger partial charge < -0.3 is 10.1 Å². The molecular weight excluding hydrogens is 395 g/mol. The topological polar surface area (TPSA) is 75.7 Å². The molecule has 0 spiro atoms. The number of aryl methyl sites for hydroxylation is 1. The van der Waals surface area contributed by atoms with Crippen LogP contribution in [0, 0.1) is 12.7 Å². The Morgan fingerprint density at radius 2 is 1.90 bits per heavy atom. The minimum absolute atomic E-state index is 0.0571. The van der Waals surface area contributed by atoms with E-state index in [0.717, 1.165) is 22.2 Å². The predicted molar refractivity (Wildman–Crippen MR) is 109 cm³/mol. The molecule has 8 heteroatoms. The van der Waals surface area contributed by atoms with Gasteiger partial charge in [-0.25, -0.2) is 4.39 Å². The molecule has 1 saturated heterocycles. The van der Waals surface area contributed by atoms with E-state index in [2.05, 4.69) is 5.32 Å². The number of amides is 3. The summed E-state index contributed by atoms with van der Waals surface area (Å²) >= 11 is 0.816. The summed E-state index contributed by atoms with van der Waals surface area (Å²) in [5, 5.41) is 2.22. The lowest BCUT2D eigenvalue weighted by Gasteiger charge is -2.13. The Morgan fingerprint density at radius 3 is 2.62 bits per heavy atom. The third-order valence-electron chi connectivity index (χ3n) is 4.15. The van der Waals surface area contributed by atoms with E-state index >= 15 is 0 Å². The van der Waals surface area contributed by atoms with E-state index in [-0.39, 0.29) is 36.3 Å². The third-order valence-corrected chi connectivity index (χ3v) is 5.06. The summed E-state index contributed by atoms with van der Waals surface area (Å²) in [6, 6.07) is 13.0. The lowest BCUT2D eigenvalue weighted by Crippen LogP contribution is -2.38. The number of halogens is 1. The number of carbonyl (C=O) groups excluding carboxylic acids is 3. The van der Waals surface area contributed by atoms with E-state index in [4.69, 9.17) is 4.74 Å². The number of ether oxygens (including phenoxy) is 1. The standard InChI is InChI=1S/C21H19FN2O4S/c1-14-4-2-3-5-17(14)28-13-19(25)23-10-11-24-20(26)18(29-21(24)27)12-15-6-8-16(22)9-7-15/h2-9,12H,10-11,13H2,1H3,(H,23,25). The largest absolute Gasteiger partial charge is 0.484 e. The van der Waals surface area contributed by atoms with Gasteiger partial charge in [0.1, 0.15) is 11.6 Å². The summed E-state index contributed by atoms with van der Waals surface area (Å²) in [4.78, 5) is 37.8. The maximum absolute atomic E-state index is 13.0. The molecule has 0 aromatic heterocycles. The van der Waals surface area contributed by atoms with E-state index < -0.39 is 11.1 Å². The zero-order valence-corrected chi connectivity index (χ0v) is 16.5. The maximum atomic E-state index is 13.0. The van der Waals surface area contributed by atoms with Gasteiger partial charge in [0.2, 0.25) is 0 Å². The van der Waals surface area contributed by atoms with Crippen molar-refractivity contribution in [1.29, 1.82) is 0 Å². The molecule has 150 valence electrons. The quantitative estimate of drug-likeness (QED) is 0.703. The first kappa shape index (κ1) is 20.6. The van der Waals surface area contributed by atoms with Gasteiger partial charge in [0, 0.05) is 13.1 Å². The number of nitrogens with zero attached hydrogens (tertiary/aromatic N) is 1. The fourth-order valence-corrected chi connectivity index (χ4v) is 3.49. The fraction of sp³-hybridized carbons (Fsp3) is 0.190. The van der Waals surface area contributed by atoms with E-state index in [1.165, 1.54) is 24.3 Å². The number of nitrogens with one attached hydrogen (secondary N) is 1. The normalized spacial score (nSPS) is 15.1. The van der Waals surface area contributed by atoms with Gasteiger partial charge in [0.15, 0.2) is 6.61 Å². The second-order valence-electron chi connectivity index (χ2n) is 6.29. The third kappa shape index (κ3) is 5.45. The maximum Gasteiger partial charge on any atom is 0.293 e. The summed E-state index contributed by atoms with van der Waals surface area (Å²) in [6.45, 7) is 1.91. The Labute approximate surface area is 171 Å². The molecular formula is C21H19FN2O4S. The van der Waals surface area contributed by atoms with Gasteiger partial charge >= 0.3 is 0 Å². The van der Waals surface area contributed by atoms with Crippen LogP contribution in [0.25, 0.3) is 6.08 Å². The summed E-state index contributed by atoms with van der Waals surface area (Å²) < 4.78 is 18.4. The van der Waals surface area contributed by atoms with Crippen molar-refractivity contribution in [3.8, 4) is 5.75 Å². The second-order valence-corrected chi connectivity index (χ2v) is 7.28. The average Bonchev–Trinajstić information content (AvgIpc) is 2.96. The van der Waals surface area contributed by atoms with Gasteiger partial charge in [0.05, 0.1) is 4.91 Å². The highest BCUT2D eigenvalue weighted by Crippen LogP contribution is 2.31. The first-order chi connectivity index (χ1) is 13.9. The highest BCUT2D eigenvalue weighted by Gasteiger charge is 2.34. The predicted octanol–water partition coefficient (Wildman–Crippen LogP) is 3.37. The van der Waals surface area contributed by atoms with E-state index in [9.17, 15) is 18.8 Å². The van der Waals surface area contributed by atoms with E-state index in [1.807, 2.05) is 25.1 Å². The summed E-state index contributed by atoms with van der Waals surface area (Å²) in [5.41, 5.74) is 1.55. The molecule has 29 heavy (non-hydrogen) atoms. The average molecular weight is 414 g/mol. The molecule has 2 aromatic carbocycles. The number of benzene rings is 2. The Morgan fingerprint density at radius 1 is 1.17 bits per heavy atom. The fourth-order valence-electron chi connectivity index (χ4n) is 2.62. The zero-order chi connectivity index (χ0) is 20.8. The molecule has 0 radical (unpaired) electrons. The Bertz CT molecular complexity index is 959. The summed E-state index contributed by atoms with van der Waals surface area (Å²) in [5.74, 6) is -0.534. The molecule has 1 N–H and O–H groups in total. The van der Waals surface area contributed by atoms with E-state index in [0.29, 0.717) is 11.3 Å². The van der Waals surface area contributed by atoms with E-state index in [1.54, 1.807) is 12.1 Å². The van der Waals surface area contributed by atoms with Crippen LogP contribution in [0.4, 0.5) is 9.18 Å². The van der Waals surface area contributed by atoms with Crippen LogP contribution in [-0.4, -0.2) is 41.6 Å². The van der Waals surface area contributed by atoms with Gasteiger partial charge in [-0.1, -0.05) is 30.3 Å². The molecule has 2 aromatic rings. The van der Waals surface area contributed by atoms with Crippen LogP contribution in [0.5, 0.6) is 5.75 Å². The lowest BCUT2D eigenvalue weighted by molar-refractivity contribution is -0.125. The van der Waals surface area contributed by atoms with Crippen molar-refractivity contribution < 1.29 is 23.5 Å². The molecule has 3 rings (SSSR count). The SMILES string of the molecule is Cc1ccccc1OCC(=O)NCCN1C(=O)SC(=Cc2ccc(F)cc2)C1=O. The smallest absolute Gasteiger partial charge is 0.293 e. The number of carbonyl (C=O) groups is 3. The van der Waals surface area contributed by atoms with Crippen LogP contribution in [0.2, 0.25) is 0 Å². The number of thioether (sulfide) groups is 1. The molecule has 0 atom stereocenters. The van der Waals surface area contributed by atoms with Crippen LogP contribution in [-0.2, 0) is 9.59 Å². The monoisotopic (exact) mass is 414 g/mol. The van der Waals surface area contributed by atoms with Crippen molar-refractivity contribution in [2.45, 2.75) is 6.92 Å². The minimum atomic E-state index is -0.435. The highest BCUT2D eigenvalue weighted by molar-refractivity contribution is 8.18. The van der Waals surface area contributed by atoms with Crippen molar-refractivity contribution in [2.24, 2.45) is 0 Å². The molecule has 1 aliphatic rings. The first-order valence-corrected chi connectivity index (χ1v) is 9.72. The molecule has 0 unspecified atom stereocenters. The molecule has 0 aliphatic carbocycles. The molecule has 1 aliphatic heterocycles. The number of hydrogen-bond donors (Lipinski definition) is 1. The van der Waals surface area contributed by atoms with Crippen molar-refractivity contribution in [2.75, 3.05) is 19.7 Å². The minimum Gasteiger partial charge on any atom is -0.484 e. The Balaban J connectivity index is 1.48. The molecule has 0 bridgehead atoms. The first-order valence-electron chi connectivity index (χ1n) is 8.90. The van der Waals surface area contributed by atoms with Crippen LogP contribution < -0.4 is 10.1 Å². The van der Waals surface area contributed by atoms with Crippen LogP contribution >= 0.6 is 11.8 Å². The van der Waals surface area contributed by atoms with Gasteiger partial charge in [0.25, 0.3) is 17.1 Å². The highest BCUT2D eigenvalue weighted by atomic mass is 32.2. The summed E-state index contributed by atoms with van der Waals surface area (Å²) in [6.07, 6.45) is 1.54. The number of imide groups is 1. The van der Waals surface area contributed by atoms with Crippen LogP contribution in [0.15, 0.2) is 53.4 Å². The molecule has 0 saturated carbocycles. The molecule has 6 nitrogen and oxygen atoms in total. The zero-order valence-electron chi connectivity index (χ0n) is 15.7. The van der Waals surface area contributed by atoms with Crippen molar-refractivity contribution in [3.63, 3.8) is 0 Å². The van der Waals surface area contributed by atoms with Crippen LogP contribution in [0.3, 0.4) is 0 Å². The van der Waals surface area contributed by atoms with Gasteiger partial charge in [-0.05, 0) is 54.1 Å². The molecule has 1 heterocycles. The molecule has 3 amide bonds. The second kappa shape index (κ2) is 9.38. The number of hydrogen-bond acceptors (Lipinski definition) is 5. The van der Waals surface area contributed by atoms with Gasteiger partial charge in [-0.2, -0.15) is 0 Å². The number of para-hydroxylation sites is 1. The van der Waals surface area contributed by atoms with Crippen LogP contribution in [0.1, 0.15) is 11.1 Å². The van der Waals surface area contributed by atoms with Crippen molar-refractivity contribution >= 4 is 34.9 Å². The number of rotatable bonds is 7. The summed E-state index contributed by atoms with van der Waals surface area (Å²) in [7, 11) is 0.